The van der Waals surface area contributed by atoms with Gasteiger partial charge in [-0.1, -0.05) is 61.9 Å². The zero-order valence-electron chi connectivity index (χ0n) is 20.4. The van der Waals surface area contributed by atoms with Crippen molar-refractivity contribution < 1.29 is 14.3 Å². The van der Waals surface area contributed by atoms with Crippen LogP contribution in [-0.2, 0) is 14.3 Å². The summed E-state index contributed by atoms with van der Waals surface area (Å²) in [7, 11) is 0. The van der Waals surface area contributed by atoms with Crippen LogP contribution in [0.5, 0.6) is 0 Å². The number of esters is 1. The fourth-order valence-electron chi connectivity index (χ4n) is 8.29. The van der Waals surface area contributed by atoms with Gasteiger partial charge in [0.25, 0.3) is 0 Å². The third-order valence-corrected chi connectivity index (χ3v) is 9.97. The van der Waals surface area contributed by atoms with Crippen molar-refractivity contribution in [2.24, 2.45) is 34.5 Å². The van der Waals surface area contributed by atoms with E-state index in [1.807, 2.05) is 30.4 Å². The number of carbonyl (C=O) groups is 2. The highest BCUT2D eigenvalue weighted by Gasteiger charge is 2.59. The summed E-state index contributed by atoms with van der Waals surface area (Å²) in [4.78, 5) is 24.8. The molecule has 0 aromatic heterocycles. The topological polar surface area (TPSA) is 43.4 Å². The van der Waals surface area contributed by atoms with E-state index in [4.69, 9.17) is 4.74 Å². The Balaban J connectivity index is 1.33. The van der Waals surface area contributed by atoms with Crippen LogP contribution in [0.3, 0.4) is 0 Å². The van der Waals surface area contributed by atoms with E-state index in [0.717, 1.165) is 44.1 Å². The number of ketones is 1. The second-order valence-corrected chi connectivity index (χ2v) is 11.6. The molecule has 4 aliphatic rings. The fourth-order valence-corrected chi connectivity index (χ4v) is 8.29. The van der Waals surface area contributed by atoms with Crippen molar-refractivity contribution in [1.82, 2.24) is 0 Å². The second kappa shape index (κ2) is 8.56. The number of carbonyl (C=O) groups excluding carboxylic acids is 2. The first-order valence-electron chi connectivity index (χ1n) is 12.9. The maximum atomic E-state index is 13.3. The summed E-state index contributed by atoms with van der Waals surface area (Å²) in [5, 5.41) is 0. The first-order chi connectivity index (χ1) is 15.8. The average Bonchev–Trinajstić information content (AvgIpc) is 3.15. The lowest BCUT2D eigenvalue weighted by Gasteiger charge is -2.58. The normalized spacial score (nSPS) is 39.8. The van der Waals surface area contributed by atoms with Gasteiger partial charge in [0.05, 0.1) is 0 Å². The molecule has 0 bridgehead atoms. The highest BCUT2D eigenvalue weighted by atomic mass is 16.5. The molecule has 1 aromatic rings. The van der Waals surface area contributed by atoms with Gasteiger partial charge in [0, 0.05) is 19.3 Å². The number of hydrogen-bond acceptors (Lipinski definition) is 3. The lowest BCUT2D eigenvalue weighted by atomic mass is 9.47. The highest BCUT2D eigenvalue weighted by Crippen LogP contribution is 2.66. The van der Waals surface area contributed by atoms with E-state index in [1.165, 1.54) is 25.3 Å². The minimum atomic E-state index is -0.158. The van der Waals surface area contributed by atoms with E-state index < -0.39 is 0 Å². The van der Waals surface area contributed by atoms with Crippen LogP contribution in [0, 0.1) is 34.5 Å². The van der Waals surface area contributed by atoms with Gasteiger partial charge in [-0.3, -0.25) is 9.59 Å². The van der Waals surface area contributed by atoms with E-state index in [2.05, 4.69) is 32.1 Å². The maximum absolute atomic E-state index is 13.3. The fraction of sp³-hybridized carbons (Fsp3) is 0.600. The zero-order valence-corrected chi connectivity index (χ0v) is 20.4. The number of ether oxygens (including phenoxy) is 1. The lowest BCUT2D eigenvalue weighted by Crippen LogP contribution is -2.51. The van der Waals surface area contributed by atoms with Crippen molar-refractivity contribution in [3.63, 3.8) is 0 Å². The van der Waals surface area contributed by atoms with E-state index in [9.17, 15) is 9.59 Å². The van der Waals surface area contributed by atoms with Gasteiger partial charge in [-0.25, -0.2) is 0 Å². The molecule has 33 heavy (non-hydrogen) atoms. The number of fused-ring (bicyclic) bond motifs is 5. The Morgan fingerprint density at radius 3 is 2.55 bits per heavy atom. The highest BCUT2D eigenvalue weighted by molar-refractivity contribution is 5.96. The molecule has 1 aromatic carbocycles. The van der Waals surface area contributed by atoms with E-state index in [-0.39, 0.29) is 28.8 Å². The average molecular weight is 447 g/mol. The van der Waals surface area contributed by atoms with Gasteiger partial charge >= 0.3 is 5.97 Å². The van der Waals surface area contributed by atoms with Gasteiger partial charge in [-0.05, 0) is 85.2 Å². The molecule has 5 rings (SSSR count). The van der Waals surface area contributed by atoms with Crippen LogP contribution in [0.25, 0.3) is 6.08 Å². The smallest absolute Gasteiger partial charge is 0.302 e. The monoisotopic (exact) mass is 446 g/mol. The molecule has 7 atom stereocenters. The Bertz CT molecular complexity index is 976. The molecular formula is C30H38O3. The van der Waals surface area contributed by atoms with Gasteiger partial charge in [-0.15, -0.1) is 0 Å². The van der Waals surface area contributed by atoms with Gasteiger partial charge in [0.1, 0.15) is 6.10 Å². The number of allylic oxidation sites excluding steroid dienone is 2. The molecule has 3 saturated carbocycles. The minimum Gasteiger partial charge on any atom is -0.462 e. The van der Waals surface area contributed by atoms with Gasteiger partial charge in [-0.2, -0.15) is 0 Å². The number of hydrogen-bond donors (Lipinski definition) is 0. The summed E-state index contributed by atoms with van der Waals surface area (Å²) in [6, 6.07) is 10.1. The molecule has 3 fully saturated rings. The van der Waals surface area contributed by atoms with Crippen molar-refractivity contribution in [1.29, 1.82) is 0 Å². The molecule has 0 heterocycles. The van der Waals surface area contributed by atoms with Crippen molar-refractivity contribution in [3.05, 3.63) is 53.6 Å². The first-order valence-corrected chi connectivity index (χ1v) is 12.9. The molecule has 0 spiro atoms. The molecule has 0 amide bonds. The predicted octanol–water partition coefficient (Wildman–Crippen LogP) is 6.78. The minimum absolute atomic E-state index is 0.0529. The molecule has 0 N–H and O–H groups in total. The first kappa shape index (κ1) is 22.6. The quantitative estimate of drug-likeness (QED) is 0.291. The molecular weight excluding hydrogens is 408 g/mol. The van der Waals surface area contributed by atoms with Crippen LogP contribution in [0.1, 0.15) is 77.7 Å². The molecule has 0 radical (unpaired) electrons. The second-order valence-electron chi connectivity index (χ2n) is 11.6. The Morgan fingerprint density at radius 1 is 1.00 bits per heavy atom. The maximum Gasteiger partial charge on any atom is 0.302 e. The van der Waals surface area contributed by atoms with Crippen molar-refractivity contribution >= 4 is 17.8 Å². The molecule has 3 nitrogen and oxygen atoms in total. The van der Waals surface area contributed by atoms with Crippen LogP contribution in [0.15, 0.2) is 48.1 Å². The van der Waals surface area contributed by atoms with Gasteiger partial charge in [0.2, 0.25) is 0 Å². The lowest BCUT2D eigenvalue weighted by molar-refractivity contribution is -0.149. The largest absolute Gasteiger partial charge is 0.462 e. The number of benzene rings is 1. The van der Waals surface area contributed by atoms with Crippen molar-refractivity contribution in [2.45, 2.75) is 78.2 Å². The molecule has 0 aliphatic heterocycles. The van der Waals surface area contributed by atoms with Crippen molar-refractivity contribution in [3.8, 4) is 0 Å². The molecule has 4 aliphatic carbocycles. The summed E-state index contributed by atoms with van der Waals surface area (Å²) in [6.45, 7) is 6.41. The summed E-state index contributed by atoms with van der Waals surface area (Å²) >= 11 is 0. The van der Waals surface area contributed by atoms with E-state index in [1.54, 1.807) is 0 Å². The van der Waals surface area contributed by atoms with Crippen LogP contribution in [0.4, 0.5) is 0 Å². The number of rotatable bonds is 4. The predicted molar refractivity (Wildman–Crippen MR) is 131 cm³/mol. The Morgan fingerprint density at radius 2 is 1.79 bits per heavy atom. The third kappa shape index (κ3) is 3.92. The summed E-state index contributed by atoms with van der Waals surface area (Å²) in [5.41, 5.74) is 2.98. The Labute approximate surface area is 198 Å². The molecule has 0 saturated heterocycles. The molecule has 3 heteroatoms. The standard InChI is InChI=1S/C30H38O3/c1-20(31)33-23-15-17-29(2)22(19-23)10-11-24-25-12-13-27(30(25,3)18-16-26(24)29)28(32)14-9-21-7-5-4-6-8-21/h4-10,14,23-27H,11-13,15-19H2,1-3H3/b14-9+/t23-,24?,25?,26?,27?,29-,30-/m0/s1. The van der Waals surface area contributed by atoms with Crippen LogP contribution in [-0.4, -0.2) is 17.9 Å². The van der Waals surface area contributed by atoms with Crippen LogP contribution >= 0.6 is 0 Å². The third-order valence-electron chi connectivity index (χ3n) is 9.97. The zero-order chi connectivity index (χ0) is 23.2. The summed E-state index contributed by atoms with van der Waals surface area (Å²) < 4.78 is 5.58. The van der Waals surface area contributed by atoms with Crippen molar-refractivity contribution in [2.75, 3.05) is 0 Å². The van der Waals surface area contributed by atoms with Gasteiger partial charge < -0.3 is 4.74 Å². The Kier molecular flexibility index (Phi) is 5.87. The van der Waals surface area contributed by atoms with E-state index >= 15 is 0 Å². The summed E-state index contributed by atoms with van der Waals surface area (Å²) in [6.07, 6.45) is 15.1. The molecule has 4 unspecified atom stereocenters. The van der Waals surface area contributed by atoms with Gasteiger partial charge in [0.15, 0.2) is 5.78 Å². The Hall–Kier alpha value is -2.16. The van der Waals surface area contributed by atoms with Crippen LogP contribution < -0.4 is 0 Å². The SMILES string of the molecule is CC(=O)O[C@H]1CC[C@@]2(C)C(=CCC3C4CCC(C(=O)/C=C/c5ccccc5)[C@@]4(C)CCC32)C1. The van der Waals surface area contributed by atoms with E-state index in [0.29, 0.717) is 23.5 Å². The summed E-state index contributed by atoms with van der Waals surface area (Å²) in [5.74, 6) is 2.33. The molecule has 176 valence electrons. The van der Waals surface area contributed by atoms with Crippen LogP contribution in [0.2, 0.25) is 0 Å².